The second-order valence-electron chi connectivity index (χ2n) is 4.32. The highest BCUT2D eigenvalue weighted by molar-refractivity contribution is 5.53. The van der Waals surface area contributed by atoms with E-state index >= 15 is 0 Å². The average Bonchev–Trinajstić information content (AvgIpc) is 2.30. The van der Waals surface area contributed by atoms with Crippen LogP contribution in [0.5, 0.6) is 0 Å². The van der Waals surface area contributed by atoms with Gasteiger partial charge >= 0.3 is 0 Å². The van der Waals surface area contributed by atoms with Gasteiger partial charge in [-0.15, -0.1) is 0 Å². The zero-order chi connectivity index (χ0) is 10.1. The third-order valence-electron chi connectivity index (χ3n) is 3.30. The van der Waals surface area contributed by atoms with Gasteiger partial charge in [0.1, 0.15) is 5.72 Å². The molecule has 2 aliphatic heterocycles. The van der Waals surface area contributed by atoms with Gasteiger partial charge in [0.25, 0.3) is 0 Å². The van der Waals surface area contributed by atoms with Crippen molar-refractivity contribution in [2.24, 2.45) is 0 Å². The lowest BCUT2D eigenvalue weighted by atomic mass is 9.98. The number of benzene rings is 1. The minimum atomic E-state index is -0.112. The van der Waals surface area contributed by atoms with Gasteiger partial charge in [-0.05, 0) is 19.2 Å². The molecule has 1 spiro atoms. The normalized spacial score (nSPS) is 23.2. The molecule has 1 aromatic rings. The standard InChI is InChI=1S/C12H16N2O/c1-2-4-11-10(3-1)9-15-12(14-11)5-7-13-8-6-12/h1-4,13-14H,5-9H2. The van der Waals surface area contributed by atoms with Crippen LogP contribution in [0.15, 0.2) is 24.3 Å². The van der Waals surface area contributed by atoms with E-state index in [0.717, 1.165) is 32.5 Å². The average molecular weight is 204 g/mol. The van der Waals surface area contributed by atoms with Gasteiger partial charge in [0, 0.05) is 24.1 Å². The van der Waals surface area contributed by atoms with Crippen molar-refractivity contribution in [2.75, 3.05) is 18.4 Å². The van der Waals surface area contributed by atoms with Crippen LogP contribution >= 0.6 is 0 Å². The molecule has 0 bridgehead atoms. The second kappa shape index (κ2) is 3.51. The lowest BCUT2D eigenvalue weighted by molar-refractivity contribution is -0.0615. The fraction of sp³-hybridized carbons (Fsp3) is 0.500. The first-order valence-electron chi connectivity index (χ1n) is 5.59. The zero-order valence-corrected chi connectivity index (χ0v) is 8.75. The number of rotatable bonds is 0. The molecule has 0 saturated carbocycles. The molecule has 2 heterocycles. The summed E-state index contributed by atoms with van der Waals surface area (Å²) in [7, 11) is 0. The topological polar surface area (TPSA) is 33.3 Å². The summed E-state index contributed by atoms with van der Waals surface area (Å²) in [6, 6.07) is 8.40. The van der Waals surface area contributed by atoms with Crippen LogP contribution in [0.25, 0.3) is 0 Å². The molecule has 3 rings (SSSR count). The number of anilines is 1. The van der Waals surface area contributed by atoms with E-state index < -0.39 is 0 Å². The maximum atomic E-state index is 5.98. The van der Waals surface area contributed by atoms with E-state index in [-0.39, 0.29) is 5.72 Å². The van der Waals surface area contributed by atoms with E-state index in [9.17, 15) is 0 Å². The lowest BCUT2D eigenvalue weighted by Crippen LogP contribution is -2.51. The molecule has 3 nitrogen and oxygen atoms in total. The van der Waals surface area contributed by atoms with Crippen molar-refractivity contribution in [1.29, 1.82) is 0 Å². The van der Waals surface area contributed by atoms with Crippen molar-refractivity contribution in [3.05, 3.63) is 29.8 Å². The Balaban J connectivity index is 1.87. The van der Waals surface area contributed by atoms with Crippen LogP contribution in [0.3, 0.4) is 0 Å². The van der Waals surface area contributed by atoms with E-state index in [1.807, 2.05) is 0 Å². The molecule has 0 unspecified atom stereocenters. The highest BCUT2D eigenvalue weighted by Crippen LogP contribution is 2.33. The van der Waals surface area contributed by atoms with Crippen molar-refractivity contribution in [3.63, 3.8) is 0 Å². The number of nitrogens with one attached hydrogen (secondary N) is 2. The van der Waals surface area contributed by atoms with Crippen molar-refractivity contribution in [3.8, 4) is 0 Å². The summed E-state index contributed by atoms with van der Waals surface area (Å²) >= 11 is 0. The Morgan fingerprint density at radius 3 is 2.80 bits per heavy atom. The molecule has 1 aromatic carbocycles. The minimum Gasteiger partial charge on any atom is -0.357 e. The monoisotopic (exact) mass is 204 g/mol. The number of hydrogen-bond acceptors (Lipinski definition) is 3. The fourth-order valence-corrected chi connectivity index (χ4v) is 2.37. The number of para-hydroxylation sites is 1. The molecule has 1 fully saturated rings. The second-order valence-corrected chi connectivity index (χ2v) is 4.32. The van der Waals surface area contributed by atoms with Crippen molar-refractivity contribution < 1.29 is 4.74 Å². The van der Waals surface area contributed by atoms with Crippen LogP contribution in [-0.2, 0) is 11.3 Å². The first kappa shape index (κ1) is 9.19. The molecular formula is C12H16N2O. The molecule has 0 atom stereocenters. The first-order valence-corrected chi connectivity index (χ1v) is 5.59. The van der Waals surface area contributed by atoms with Crippen molar-refractivity contribution in [1.82, 2.24) is 5.32 Å². The van der Waals surface area contributed by atoms with E-state index in [1.54, 1.807) is 0 Å². The summed E-state index contributed by atoms with van der Waals surface area (Å²) in [5.41, 5.74) is 2.40. The van der Waals surface area contributed by atoms with E-state index in [0.29, 0.717) is 0 Å². The predicted molar refractivity (Wildman–Crippen MR) is 59.7 cm³/mol. The van der Waals surface area contributed by atoms with E-state index in [1.165, 1.54) is 11.3 Å². The van der Waals surface area contributed by atoms with Gasteiger partial charge in [-0.25, -0.2) is 0 Å². The molecular weight excluding hydrogens is 188 g/mol. The maximum absolute atomic E-state index is 5.98. The van der Waals surface area contributed by atoms with Gasteiger partial charge in [0.15, 0.2) is 0 Å². The Bertz CT molecular complexity index is 358. The predicted octanol–water partition coefficient (Wildman–Crippen LogP) is 1.71. The molecule has 0 aromatic heterocycles. The van der Waals surface area contributed by atoms with Crippen molar-refractivity contribution >= 4 is 5.69 Å². The molecule has 0 radical (unpaired) electrons. The summed E-state index contributed by atoms with van der Waals surface area (Å²) in [4.78, 5) is 0. The van der Waals surface area contributed by atoms with Crippen LogP contribution < -0.4 is 10.6 Å². The van der Waals surface area contributed by atoms with Crippen LogP contribution in [0.1, 0.15) is 18.4 Å². The van der Waals surface area contributed by atoms with Crippen LogP contribution in [0.2, 0.25) is 0 Å². The molecule has 1 saturated heterocycles. The zero-order valence-electron chi connectivity index (χ0n) is 8.75. The Morgan fingerprint density at radius 2 is 1.93 bits per heavy atom. The van der Waals surface area contributed by atoms with Gasteiger partial charge in [0.05, 0.1) is 6.61 Å². The summed E-state index contributed by atoms with van der Waals surface area (Å²) < 4.78 is 5.98. The number of hydrogen-bond donors (Lipinski definition) is 2. The van der Waals surface area contributed by atoms with Crippen LogP contribution in [0.4, 0.5) is 5.69 Å². The minimum absolute atomic E-state index is 0.112. The van der Waals surface area contributed by atoms with E-state index in [4.69, 9.17) is 4.74 Å². The molecule has 0 amide bonds. The largest absolute Gasteiger partial charge is 0.357 e. The molecule has 2 N–H and O–H groups in total. The lowest BCUT2D eigenvalue weighted by Gasteiger charge is -2.42. The van der Waals surface area contributed by atoms with Gasteiger partial charge in [-0.2, -0.15) is 0 Å². The summed E-state index contributed by atoms with van der Waals surface area (Å²) in [5.74, 6) is 0. The Morgan fingerprint density at radius 1 is 1.13 bits per heavy atom. The molecule has 0 aliphatic carbocycles. The maximum Gasteiger partial charge on any atom is 0.141 e. The first-order chi connectivity index (χ1) is 7.38. The molecule has 15 heavy (non-hydrogen) atoms. The van der Waals surface area contributed by atoms with Gasteiger partial charge in [-0.3, -0.25) is 0 Å². The van der Waals surface area contributed by atoms with Crippen LogP contribution in [0, 0.1) is 0 Å². The van der Waals surface area contributed by atoms with Crippen molar-refractivity contribution in [2.45, 2.75) is 25.2 Å². The van der Waals surface area contributed by atoms with E-state index in [2.05, 4.69) is 34.9 Å². The Hall–Kier alpha value is -1.06. The molecule has 80 valence electrons. The quantitative estimate of drug-likeness (QED) is 0.675. The van der Waals surface area contributed by atoms with Crippen LogP contribution in [-0.4, -0.2) is 18.8 Å². The molecule has 3 heteroatoms. The third-order valence-corrected chi connectivity index (χ3v) is 3.30. The summed E-state index contributed by atoms with van der Waals surface area (Å²) in [6.07, 6.45) is 2.09. The smallest absolute Gasteiger partial charge is 0.141 e. The van der Waals surface area contributed by atoms with Gasteiger partial charge < -0.3 is 15.4 Å². The summed E-state index contributed by atoms with van der Waals surface area (Å²) in [6.45, 7) is 2.81. The third kappa shape index (κ3) is 1.62. The highest BCUT2D eigenvalue weighted by atomic mass is 16.5. The van der Waals surface area contributed by atoms with Gasteiger partial charge in [-0.1, -0.05) is 18.2 Å². The Labute approximate surface area is 89.8 Å². The number of ether oxygens (including phenoxy) is 1. The number of fused-ring (bicyclic) bond motifs is 1. The SMILES string of the molecule is c1ccc2c(c1)COC1(CCNCC1)N2. The molecule has 2 aliphatic rings. The number of piperidine rings is 1. The Kier molecular flexibility index (Phi) is 2.15. The fourth-order valence-electron chi connectivity index (χ4n) is 2.37. The highest BCUT2D eigenvalue weighted by Gasteiger charge is 2.35. The van der Waals surface area contributed by atoms with Gasteiger partial charge in [0.2, 0.25) is 0 Å². The summed E-state index contributed by atoms with van der Waals surface area (Å²) in [5, 5.41) is 6.91.